The lowest BCUT2D eigenvalue weighted by Crippen LogP contribution is -1.95. The Morgan fingerprint density at radius 1 is 1.00 bits per heavy atom. The fourth-order valence-corrected chi connectivity index (χ4v) is 3.33. The summed E-state index contributed by atoms with van der Waals surface area (Å²) in [5.74, 6) is 0. The maximum absolute atomic E-state index is 4.05. The lowest BCUT2D eigenvalue weighted by Gasteiger charge is -2.07. The lowest BCUT2D eigenvalue weighted by atomic mass is 10.1. The molecule has 0 aliphatic carbocycles. The number of hydrogen-bond donors (Lipinski definition) is 1. The van der Waals surface area contributed by atoms with Gasteiger partial charge >= 0.3 is 0 Å². The van der Waals surface area contributed by atoms with Crippen LogP contribution in [0.3, 0.4) is 0 Å². The van der Waals surface area contributed by atoms with Crippen molar-refractivity contribution in [2.24, 2.45) is 0 Å². The van der Waals surface area contributed by atoms with Crippen LogP contribution in [0.5, 0.6) is 0 Å². The van der Waals surface area contributed by atoms with Crippen molar-refractivity contribution in [3.63, 3.8) is 0 Å². The smallest absolute Gasteiger partial charge is 0.0715 e. The van der Waals surface area contributed by atoms with Crippen LogP contribution in [0.15, 0.2) is 67.4 Å². The molecule has 4 rings (SSSR count). The first-order valence-corrected chi connectivity index (χ1v) is 7.80. The fraction of sp³-hybridized carbons (Fsp3) is 0.0476. The van der Waals surface area contributed by atoms with Gasteiger partial charge in [-0.2, -0.15) is 0 Å². The van der Waals surface area contributed by atoms with Crippen molar-refractivity contribution in [3.8, 4) is 5.69 Å². The molecular weight excluding hydrogens is 280 g/mol. The minimum absolute atomic E-state index is 1.12. The van der Waals surface area contributed by atoms with Gasteiger partial charge in [0.05, 0.1) is 16.9 Å². The van der Waals surface area contributed by atoms with E-state index in [0.717, 1.165) is 16.9 Å². The number of para-hydroxylation sites is 2. The van der Waals surface area contributed by atoms with Crippen molar-refractivity contribution in [2.75, 3.05) is 0 Å². The van der Waals surface area contributed by atoms with Gasteiger partial charge in [0.25, 0.3) is 0 Å². The van der Waals surface area contributed by atoms with Crippen molar-refractivity contribution in [2.45, 2.75) is 6.92 Å². The number of allylic oxidation sites excluding steroid dienone is 1. The highest BCUT2D eigenvalue weighted by Gasteiger charge is 2.16. The van der Waals surface area contributed by atoms with Crippen LogP contribution in [-0.2, 0) is 0 Å². The van der Waals surface area contributed by atoms with E-state index in [-0.39, 0.29) is 0 Å². The van der Waals surface area contributed by atoms with Gasteiger partial charge in [-0.05, 0) is 25.1 Å². The van der Waals surface area contributed by atoms with Gasteiger partial charge < -0.3 is 9.55 Å². The van der Waals surface area contributed by atoms with Crippen LogP contribution in [-0.4, -0.2) is 9.55 Å². The molecule has 0 fully saturated rings. The molecule has 0 amide bonds. The second-order valence-electron chi connectivity index (χ2n) is 5.58. The Balaban J connectivity index is 2.17. The first kappa shape index (κ1) is 13.6. The van der Waals surface area contributed by atoms with Gasteiger partial charge in [0.1, 0.15) is 0 Å². The van der Waals surface area contributed by atoms with Crippen molar-refractivity contribution in [1.82, 2.24) is 9.55 Å². The lowest BCUT2D eigenvalue weighted by molar-refractivity contribution is 1.12. The van der Waals surface area contributed by atoms with Gasteiger partial charge in [-0.25, -0.2) is 0 Å². The molecular formula is C21H18N2. The van der Waals surface area contributed by atoms with Crippen LogP contribution >= 0.6 is 0 Å². The summed E-state index contributed by atoms with van der Waals surface area (Å²) in [5.41, 5.74) is 5.82. The van der Waals surface area contributed by atoms with Crippen LogP contribution in [0.4, 0.5) is 0 Å². The summed E-state index contributed by atoms with van der Waals surface area (Å²) >= 11 is 0. The Labute approximate surface area is 135 Å². The number of H-pyrrole nitrogens is 1. The van der Waals surface area contributed by atoms with Gasteiger partial charge in [0.15, 0.2) is 0 Å². The molecule has 23 heavy (non-hydrogen) atoms. The maximum atomic E-state index is 4.05. The Hall–Kier alpha value is -3.00. The Bertz CT molecular complexity index is 1040. The molecule has 0 saturated carbocycles. The van der Waals surface area contributed by atoms with Crippen LogP contribution in [0, 0.1) is 0 Å². The molecule has 0 radical (unpaired) electrons. The third kappa shape index (κ3) is 1.95. The van der Waals surface area contributed by atoms with Crippen molar-refractivity contribution >= 4 is 34.0 Å². The standard InChI is InChI=1S/C21H18N2/c1-3-9-15-16-10-6-8-13-20(16)23(19(15)4-2)21-14-22-18-12-7-5-11-17(18)21/h3-14,22H,2H2,1H3/b9-3-. The molecule has 2 aromatic heterocycles. The number of nitrogens with zero attached hydrogens (tertiary/aromatic N) is 1. The topological polar surface area (TPSA) is 20.7 Å². The van der Waals surface area contributed by atoms with Gasteiger partial charge in [0.2, 0.25) is 0 Å². The third-order valence-electron chi connectivity index (χ3n) is 4.29. The molecule has 1 N–H and O–H groups in total. The molecule has 2 heteroatoms. The SMILES string of the molecule is C=Cc1c(/C=C\C)c2ccccc2n1-c1c[nH]c2ccccc12. The number of benzene rings is 2. The zero-order chi connectivity index (χ0) is 15.8. The van der Waals surface area contributed by atoms with Gasteiger partial charge in [0, 0.05) is 28.0 Å². The zero-order valence-electron chi connectivity index (χ0n) is 13.1. The average molecular weight is 298 g/mol. The van der Waals surface area contributed by atoms with E-state index < -0.39 is 0 Å². The number of aromatic amines is 1. The zero-order valence-corrected chi connectivity index (χ0v) is 13.1. The predicted molar refractivity (Wildman–Crippen MR) is 99.9 cm³/mol. The van der Waals surface area contributed by atoms with Crippen LogP contribution < -0.4 is 0 Å². The Kier molecular flexibility index (Phi) is 3.16. The summed E-state index contributed by atoms with van der Waals surface area (Å²) in [6.45, 7) is 6.10. The van der Waals surface area contributed by atoms with Gasteiger partial charge in [-0.15, -0.1) is 0 Å². The highest BCUT2D eigenvalue weighted by Crippen LogP contribution is 2.34. The van der Waals surface area contributed by atoms with Crippen molar-refractivity contribution in [3.05, 3.63) is 78.6 Å². The first-order valence-electron chi connectivity index (χ1n) is 7.80. The van der Waals surface area contributed by atoms with Crippen molar-refractivity contribution in [1.29, 1.82) is 0 Å². The summed E-state index contributed by atoms with van der Waals surface area (Å²) in [4.78, 5) is 3.37. The Morgan fingerprint density at radius 2 is 1.74 bits per heavy atom. The summed E-state index contributed by atoms with van der Waals surface area (Å²) in [6.07, 6.45) is 8.25. The fourth-order valence-electron chi connectivity index (χ4n) is 3.33. The molecule has 2 nitrogen and oxygen atoms in total. The molecule has 0 bridgehead atoms. The van der Waals surface area contributed by atoms with E-state index in [4.69, 9.17) is 0 Å². The van der Waals surface area contributed by atoms with E-state index in [0.29, 0.717) is 0 Å². The van der Waals surface area contributed by atoms with E-state index in [1.54, 1.807) is 0 Å². The van der Waals surface area contributed by atoms with Crippen molar-refractivity contribution < 1.29 is 0 Å². The molecule has 0 spiro atoms. The van der Waals surface area contributed by atoms with Gasteiger partial charge in [-0.1, -0.05) is 55.1 Å². The quantitative estimate of drug-likeness (QED) is 0.494. The minimum atomic E-state index is 1.12. The minimum Gasteiger partial charge on any atom is -0.359 e. The number of nitrogens with one attached hydrogen (secondary N) is 1. The monoisotopic (exact) mass is 298 g/mol. The number of hydrogen-bond acceptors (Lipinski definition) is 0. The summed E-state index contributed by atoms with van der Waals surface area (Å²) in [6, 6.07) is 16.9. The predicted octanol–water partition coefficient (Wildman–Crippen LogP) is 5.79. The largest absolute Gasteiger partial charge is 0.359 e. The van der Waals surface area contributed by atoms with Gasteiger partial charge in [-0.3, -0.25) is 0 Å². The highest BCUT2D eigenvalue weighted by atomic mass is 15.0. The molecule has 0 aliphatic rings. The molecule has 112 valence electrons. The van der Waals surface area contributed by atoms with Crippen LogP contribution in [0.2, 0.25) is 0 Å². The maximum Gasteiger partial charge on any atom is 0.0715 e. The molecule has 0 unspecified atom stereocenters. The second-order valence-corrected chi connectivity index (χ2v) is 5.58. The van der Waals surface area contributed by atoms with E-state index in [1.165, 1.54) is 21.9 Å². The molecule has 0 saturated heterocycles. The van der Waals surface area contributed by atoms with E-state index >= 15 is 0 Å². The molecule has 2 aromatic carbocycles. The number of fused-ring (bicyclic) bond motifs is 2. The van der Waals surface area contributed by atoms with E-state index in [1.807, 2.05) is 13.0 Å². The van der Waals surface area contributed by atoms with Crippen LogP contribution in [0.1, 0.15) is 18.2 Å². The average Bonchev–Trinajstić information content (AvgIpc) is 3.14. The second kappa shape index (κ2) is 5.33. The number of rotatable bonds is 3. The molecule has 2 heterocycles. The Morgan fingerprint density at radius 3 is 2.52 bits per heavy atom. The number of aromatic nitrogens is 2. The summed E-state index contributed by atoms with van der Waals surface area (Å²) < 4.78 is 2.29. The van der Waals surface area contributed by atoms with E-state index in [9.17, 15) is 0 Å². The summed E-state index contributed by atoms with van der Waals surface area (Å²) in [5, 5.41) is 2.45. The molecule has 0 atom stereocenters. The van der Waals surface area contributed by atoms with Crippen LogP contribution in [0.25, 0.3) is 39.6 Å². The highest BCUT2D eigenvalue weighted by molar-refractivity contribution is 5.98. The molecule has 0 aliphatic heterocycles. The normalized spacial score (nSPS) is 11.7. The molecule has 4 aromatic rings. The third-order valence-corrected chi connectivity index (χ3v) is 4.29. The first-order chi connectivity index (χ1) is 11.3. The summed E-state index contributed by atoms with van der Waals surface area (Å²) in [7, 11) is 0. The van der Waals surface area contributed by atoms with E-state index in [2.05, 4.69) is 83.0 Å².